The third kappa shape index (κ3) is 3.88. The highest BCUT2D eigenvalue weighted by molar-refractivity contribution is 7.91. The largest absolute Gasteiger partial charge is 0.316 e. The zero-order valence-electron chi connectivity index (χ0n) is 11.8. The summed E-state index contributed by atoms with van der Waals surface area (Å²) in [5.41, 5.74) is 1.69. The highest BCUT2D eigenvalue weighted by Crippen LogP contribution is 2.24. The molecule has 1 heterocycles. The molecule has 7 heteroatoms. The fraction of sp³-hybridized carbons (Fsp3) is 0.286. The normalized spacial score (nSPS) is 12.0. The fourth-order valence-electron chi connectivity index (χ4n) is 1.87. The minimum absolute atomic E-state index is 0.210. The average molecular weight is 328 g/mol. The second kappa shape index (κ2) is 6.65. The molecule has 0 aliphatic carbocycles. The van der Waals surface area contributed by atoms with E-state index < -0.39 is 10.0 Å². The van der Waals surface area contributed by atoms with E-state index in [0.717, 1.165) is 11.1 Å². The van der Waals surface area contributed by atoms with Crippen LogP contribution in [0.15, 0.2) is 39.9 Å². The first kappa shape index (κ1) is 16.1. The molecule has 0 unspecified atom stereocenters. The van der Waals surface area contributed by atoms with Crippen molar-refractivity contribution in [3.63, 3.8) is 0 Å². The van der Waals surface area contributed by atoms with Crippen LogP contribution in [-0.4, -0.2) is 26.8 Å². The molecule has 0 bridgehead atoms. The van der Waals surface area contributed by atoms with Crippen LogP contribution < -0.4 is 5.32 Å². The molecule has 0 fully saturated rings. The van der Waals surface area contributed by atoms with Crippen LogP contribution in [0.2, 0.25) is 0 Å². The van der Waals surface area contributed by atoms with Gasteiger partial charge in [0.15, 0.2) is 0 Å². The van der Waals surface area contributed by atoms with Crippen molar-refractivity contribution in [2.45, 2.75) is 17.3 Å². The van der Waals surface area contributed by atoms with Crippen molar-refractivity contribution in [3.8, 4) is 0 Å². The summed E-state index contributed by atoms with van der Waals surface area (Å²) >= 11 is 1.21. The Kier molecular flexibility index (Phi) is 5.10. The Labute approximate surface area is 128 Å². The van der Waals surface area contributed by atoms with E-state index in [9.17, 15) is 12.8 Å². The number of nitrogens with one attached hydrogen (secondary N) is 1. The molecule has 21 heavy (non-hydrogen) atoms. The van der Waals surface area contributed by atoms with Gasteiger partial charge in [-0.1, -0.05) is 12.1 Å². The molecule has 0 amide bonds. The predicted octanol–water partition coefficient (Wildman–Crippen LogP) is 2.43. The van der Waals surface area contributed by atoms with Crippen LogP contribution in [-0.2, 0) is 23.1 Å². The van der Waals surface area contributed by atoms with Crippen LogP contribution in [0.5, 0.6) is 0 Å². The van der Waals surface area contributed by atoms with Gasteiger partial charge >= 0.3 is 0 Å². The van der Waals surface area contributed by atoms with E-state index in [0.29, 0.717) is 10.8 Å². The van der Waals surface area contributed by atoms with Gasteiger partial charge in [-0.05, 0) is 41.8 Å². The van der Waals surface area contributed by atoms with E-state index in [1.807, 2.05) is 12.4 Å². The number of rotatable bonds is 6. The van der Waals surface area contributed by atoms with E-state index in [1.54, 1.807) is 18.2 Å². The van der Waals surface area contributed by atoms with Gasteiger partial charge in [0.05, 0.1) is 0 Å². The van der Waals surface area contributed by atoms with Gasteiger partial charge in [-0.25, -0.2) is 12.8 Å². The van der Waals surface area contributed by atoms with Gasteiger partial charge in [-0.3, -0.25) is 0 Å². The molecule has 2 rings (SSSR count). The van der Waals surface area contributed by atoms with Crippen LogP contribution in [0, 0.1) is 5.82 Å². The maximum Gasteiger partial charge on any atom is 0.252 e. The summed E-state index contributed by atoms with van der Waals surface area (Å²) in [7, 11) is -0.178. The monoisotopic (exact) mass is 328 g/mol. The van der Waals surface area contributed by atoms with Crippen molar-refractivity contribution in [2.24, 2.45) is 0 Å². The Hall–Kier alpha value is -1.28. The molecule has 1 aromatic carbocycles. The number of benzene rings is 1. The number of thiophene rings is 1. The fourth-order valence-corrected chi connectivity index (χ4v) is 4.45. The summed E-state index contributed by atoms with van der Waals surface area (Å²) in [5.74, 6) is -0.334. The van der Waals surface area contributed by atoms with Crippen LogP contribution in [0.3, 0.4) is 0 Å². The van der Waals surface area contributed by atoms with Crippen LogP contribution in [0.25, 0.3) is 0 Å². The number of sulfonamides is 1. The van der Waals surface area contributed by atoms with Crippen LogP contribution in [0.4, 0.5) is 4.39 Å². The second-order valence-electron chi connectivity index (χ2n) is 4.69. The van der Waals surface area contributed by atoms with Gasteiger partial charge in [-0.15, -0.1) is 11.3 Å². The predicted molar refractivity (Wildman–Crippen MR) is 82.1 cm³/mol. The standard InChI is InChI=1S/C14H17FN2O2S2/c1-16-8-12-7-14(20-10-12)21(18,19)17(2)9-11-3-5-13(15)6-4-11/h3-7,10,16H,8-9H2,1-2H3. The molecule has 0 atom stereocenters. The van der Waals surface area contributed by atoms with E-state index in [-0.39, 0.29) is 12.4 Å². The summed E-state index contributed by atoms with van der Waals surface area (Å²) < 4.78 is 39.4. The molecule has 0 radical (unpaired) electrons. The zero-order chi connectivity index (χ0) is 15.5. The quantitative estimate of drug-likeness (QED) is 0.886. The third-order valence-corrected chi connectivity index (χ3v) is 6.26. The Bertz CT molecular complexity index is 696. The molecule has 0 spiro atoms. The summed E-state index contributed by atoms with van der Waals surface area (Å²) in [6, 6.07) is 7.50. The summed E-state index contributed by atoms with van der Waals surface area (Å²) in [5, 5.41) is 4.81. The lowest BCUT2D eigenvalue weighted by Crippen LogP contribution is -2.25. The number of halogens is 1. The number of hydrogen-bond acceptors (Lipinski definition) is 4. The Morgan fingerprint density at radius 1 is 1.24 bits per heavy atom. The number of nitrogens with zero attached hydrogens (tertiary/aromatic N) is 1. The minimum Gasteiger partial charge on any atom is -0.316 e. The smallest absolute Gasteiger partial charge is 0.252 e. The third-order valence-electron chi connectivity index (χ3n) is 2.99. The molecule has 0 saturated carbocycles. The SMILES string of the molecule is CNCc1csc(S(=O)(=O)N(C)Cc2ccc(F)cc2)c1. The van der Waals surface area contributed by atoms with Gasteiger partial charge in [0.2, 0.25) is 0 Å². The second-order valence-corrected chi connectivity index (χ2v) is 7.87. The lowest BCUT2D eigenvalue weighted by molar-refractivity contribution is 0.468. The zero-order valence-corrected chi connectivity index (χ0v) is 13.5. The maximum absolute atomic E-state index is 12.9. The van der Waals surface area contributed by atoms with Crippen LogP contribution >= 0.6 is 11.3 Å². The summed E-state index contributed by atoms with van der Waals surface area (Å²) in [6.07, 6.45) is 0. The van der Waals surface area contributed by atoms with Crippen LogP contribution in [0.1, 0.15) is 11.1 Å². The molecule has 4 nitrogen and oxygen atoms in total. The molecular formula is C14H17FN2O2S2. The van der Waals surface area contributed by atoms with Gasteiger partial charge in [-0.2, -0.15) is 4.31 Å². The van der Waals surface area contributed by atoms with Gasteiger partial charge in [0.25, 0.3) is 10.0 Å². The van der Waals surface area contributed by atoms with Crippen molar-refractivity contribution in [1.82, 2.24) is 9.62 Å². The first-order chi connectivity index (χ1) is 9.93. The van der Waals surface area contributed by atoms with Gasteiger partial charge in [0.1, 0.15) is 10.0 Å². The van der Waals surface area contributed by atoms with Gasteiger partial charge < -0.3 is 5.32 Å². The Morgan fingerprint density at radius 2 is 1.90 bits per heavy atom. The first-order valence-corrected chi connectivity index (χ1v) is 8.68. The number of hydrogen-bond donors (Lipinski definition) is 1. The van der Waals surface area contributed by atoms with E-state index in [4.69, 9.17) is 0 Å². The molecule has 2 aromatic rings. The van der Waals surface area contributed by atoms with Crippen molar-refractivity contribution >= 4 is 21.4 Å². The van der Waals surface area contributed by atoms with Gasteiger partial charge in [0, 0.05) is 20.1 Å². The highest BCUT2D eigenvalue weighted by atomic mass is 32.2. The van der Waals surface area contributed by atoms with E-state index in [1.165, 1.54) is 34.8 Å². The molecule has 1 N–H and O–H groups in total. The van der Waals surface area contributed by atoms with E-state index >= 15 is 0 Å². The van der Waals surface area contributed by atoms with Crippen molar-refractivity contribution in [2.75, 3.05) is 14.1 Å². The maximum atomic E-state index is 12.9. The molecular weight excluding hydrogens is 311 g/mol. The topological polar surface area (TPSA) is 49.4 Å². The average Bonchev–Trinajstić information content (AvgIpc) is 2.91. The summed E-state index contributed by atoms with van der Waals surface area (Å²) in [4.78, 5) is 0. The molecule has 114 valence electrons. The minimum atomic E-state index is -3.51. The lowest BCUT2D eigenvalue weighted by Gasteiger charge is -2.16. The van der Waals surface area contributed by atoms with E-state index in [2.05, 4.69) is 5.32 Å². The first-order valence-electron chi connectivity index (χ1n) is 6.36. The van der Waals surface area contributed by atoms with Crippen molar-refractivity contribution in [3.05, 3.63) is 52.7 Å². The molecule has 1 aromatic heterocycles. The highest BCUT2D eigenvalue weighted by Gasteiger charge is 2.22. The van der Waals surface area contributed by atoms with Crippen molar-refractivity contribution < 1.29 is 12.8 Å². The Balaban J connectivity index is 2.15. The summed E-state index contributed by atoms with van der Waals surface area (Å²) in [6.45, 7) is 0.843. The van der Waals surface area contributed by atoms with Crippen molar-refractivity contribution in [1.29, 1.82) is 0 Å². The molecule has 0 aliphatic rings. The lowest BCUT2D eigenvalue weighted by atomic mass is 10.2. The molecule has 0 saturated heterocycles. The molecule has 0 aliphatic heterocycles. The Morgan fingerprint density at radius 3 is 2.52 bits per heavy atom.